The molecule has 0 bridgehead atoms. The average Bonchev–Trinajstić information content (AvgIpc) is 2.52. The van der Waals surface area contributed by atoms with Crippen LogP contribution in [0, 0.1) is 5.92 Å². The van der Waals surface area contributed by atoms with Crippen LogP contribution in [-0.2, 0) is 4.79 Å². The highest BCUT2D eigenvalue weighted by Crippen LogP contribution is 2.23. The van der Waals surface area contributed by atoms with Gasteiger partial charge in [-0.05, 0) is 42.5 Å². The zero-order valence-corrected chi connectivity index (χ0v) is 14.2. The normalized spacial score (nSPS) is 12.6. The lowest BCUT2D eigenvalue weighted by Gasteiger charge is -2.12. The molecule has 1 aromatic rings. The molecule has 1 rings (SSSR count). The fourth-order valence-electron chi connectivity index (χ4n) is 1.90. The Morgan fingerprint density at radius 3 is 2.74 bits per heavy atom. The number of anilines is 1. The smallest absolute Gasteiger partial charge is 0.244 e. The van der Waals surface area contributed by atoms with Crippen molar-refractivity contribution in [3.63, 3.8) is 0 Å². The molecule has 0 fully saturated rings. The van der Waals surface area contributed by atoms with Gasteiger partial charge >= 0.3 is 0 Å². The molecule has 4 N–H and O–H groups in total. The number of carbonyl (C=O) groups excluding carboxylic acids is 1. The summed E-state index contributed by atoms with van der Waals surface area (Å²) < 4.78 is 5.65. The third-order valence-corrected chi connectivity index (χ3v) is 3.47. The molecular weight excluding hydrogens is 292 g/mol. The zero-order valence-electron chi connectivity index (χ0n) is 14.2. The fourth-order valence-corrected chi connectivity index (χ4v) is 1.90. The van der Waals surface area contributed by atoms with Crippen LogP contribution in [0.4, 0.5) is 5.69 Å². The quantitative estimate of drug-likeness (QED) is 0.482. The third kappa shape index (κ3) is 7.19. The summed E-state index contributed by atoms with van der Waals surface area (Å²) in [7, 11) is 0. The van der Waals surface area contributed by atoms with Crippen LogP contribution in [-0.4, -0.2) is 30.3 Å². The van der Waals surface area contributed by atoms with E-state index in [-0.39, 0.29) is 18.6 Å². The van der Waals surface area contributed by atoms with E-state index in [0.29, 0.717) is 30.4 Å². The van der Waals surface area contributed by atoms with E-state index in [1.54, 1.807) is 12.1 Å². The van der Waals surface area contributed by atoms with Crippen LogP contribution >= 0.6 is 0 Å². The number of benzene rings is 1. The number of hydrogen-bond acceptors (Lipinski definition) is 4. The summed E-state index contributed by atoms with van der Waals surface area (Å²) in [5, 5.41) is 11.8. The molecule has 5 heteroatoms. The fraction of sp³-hybridized carbons (Fsp3) is 0.500. The van der Waals surface area contributed by atoms with Gasteiger partial charge in [0.15, 0.2) is 0 Å². The average molecular weight is 320 g/mol. The molecular formula is C18H28N2O3. The zero-order chi connectivity index (χ0) is 17.2. The largest absolute Gasteiger partial charge is 0.491 e. The Kier molecular flexibility index (Phi) is 8.19. The van der Waals surface area contributed by atoms with Crippen molar-refractivity contribution in [2.45, 2.75) is 39.7 Å². The highest BCUT2D eigenvalue weighted by atomic mass is 16.5. The van der Waals surface area contributed by atoms with Crippen molar-refractivity contribution in [3.05, 3.63) is 29.8 Å². The molecule has 1 atom stereocenters. The molecule has 0 aliphatic heterocycles. The molecule has 1 aromatic carbocycles. The van der Waals surface area contributed by atoms with E-state index in [2.05, 4.69) is 19.2 Å². The first-order valence-electron chi connectivity index (χ1n) is 8.08. The van der Waals surface area contributed by atoms with Crippen molar-refractivity contribution >= 4 is 17.7 Å². The summed E-state index contributed by atoms with van der Waals surface area (Å²) in [4.78, 5) is 11.7. The molecule has 5 nitrogen and oxygen atoms in total. The highest BCUT2D eigenvalue weighted by molar-refractivity contribution is 5.92. The summed E-state index contributed by atoms with van der Waals surface area (Å²) in [6.45, 7) is 6.77. The SMILES string of the molecule is CCC(CO)NC(=O)/C=C\c1ccc(OCCC(C)C)c(N)c1. The lowest BCUT2D eigenvalue weighted by molar-refractivity contribution is -0.117. The third-order valence-electron chi connectivity index (χ3n) is 3.47. The van der Waals surface area contributed by atoms with Gasteiger partial charge in [0.05, 0.1) is 24.9 Å². The monoisotopic (exact) mass is 320 g/mol. The number of nitrogen functional groups attached to an aromatic ring is 1. The van der Waals surface area contributed by atoms with Crippen LogP contribution in [0.1, 0.15) is 39.2 Å². The van der Waals surface area contributed by atoms with E-state index in [0.717, 1.165) is 12.0 Å². The number of aliphatic hydroxyl groups excluding tert-OH is 1. The van der Waals surface area contributed by atoms with Crippen molar-refractivity contribution in [1.82, 2.24) is 5.32 Å². The summed E-state index contributed by atoms with van der Waals surface area (Å²) in [5.41, 5.74) is 7.35. The Balaban J connectivity index is 2.59. The first-order valence-corrected chi connectivity index (χ1v) is 8.08. The number of rotatable bonds is 9. The summed E-state index contributed by atoms with van der Waals surface area (Å²) in [5.74, 6) is 1.02. The van der Waals surface area contributed by atoms with E-state index in [1.165, 1.54) is 6.08 Å². The van der Waals surface area contributed by atoms with Crippen LogP contribution in [0.15, 0.2) is 24.3 Å². The molecule has 0 saturated heterocycles. The maximum Gasteiger partial charge on any atom is 0.244 e. The Bertz CT molecular complexity index is 523. The van der Waals surface area contributed by atoms with Gasteiger partial charge in [0.1, 0.15) is 5.75 Å². The van der Waals surface area contributed by atoms with Crippen LogP contribution in [0.3, 0.4) is 0 Å². The van der Waals surface area contributed by atoms with Crippen molar-refractivity contribution in [1.29, 1.82) is 0 Å². The topological polar surface area (TPSA) is 84.6 Å². The first-order chi connectivity index (χ1) is 11.0. The standard InChI is InChI=1S/C18H28N2O3/c1-4-15(12-21)20-18(22)8-6-14-5-7-17(16(19)11-14)23-10-9-13(2)3/h5-8,11,13,15,21H,4,9-10,12,19H2,1-3H3,(H,20,22)/b8-6-. The maximum absolute atomic E-state index is 11.7. The summed E-state index contributed by atoms with van der Waals surface area (Å²) >= 11 is 0. The van der Waals surface area contributed by atoms with Gasteiger partial charge in [-0.2, -0.15) is 0 Å². The molecule has 23 heavy (non-hydrogen) atoms. The molecule has 0 saturated carbocycles. The van der Waals surface area contributed by atoms with Gasteiger partial charge in [-0.15, -0.1) is 0 Å². The lowest BCUT2D eigenvalue weighted by Crippen LogP contribution is -2.35. The molecule has 0 aromatic heterocycles. The van der Waals surface area contributed by atoms with E-state index in [4.69, 9.17) is 15.6 Å². The van der Waals surface area contributed by atoms with Crippen LogP contribution in [0.2, 0.25) is 0 Å². The maximum atomic E-state index is 11.7. The van der Waals surface area contributed by atoms with E-state index in [9.17, 15) is 4.79 Å². The molecule has 0 aliphatic rings. The van der Waals surface area contributed by atoms with Crippen LogP contribution < -0.4 is 15.8 Å². The lowest BCUT2D eigenvalue weighted by atomic mass is 10.1. The number of hydrogen-bond donors (Lipinski definition) is 3. The van der Waals surface area contributed by atoms with E-state index >= 15 is 0 Å². The minimum Gasteiger partial charge on any atom is -0.491 e. The molecule has 0 spiro atoms. The molecule has 1 unspecified atom stereocenters. The van der Waals surface area contributed by atoms with Gasteiger partial charge < -0.3 is 20.9 Å². The van der Waals surface area contributed by atoms with Crippen molar-refractivity contribution in [2.24, 2.45) is 5.92 Å². The van der Waals surface area contributed by atoms with Gasteiger partial charge in [0, 0.05) is 6.08 Å². The first kappa shape index (κ1) is 19.0. The molecule has 1 amide bonds. The van der Waals surface area contributed by atoms with Crippen molar-refractivity contribution in [2.75, 3.05) is 18.9 Å². The van der Waals surface area contributed by atoms with E-state index in [1.807, 2.05) is 19.1 Å². The van der Waals surface area contributed by atoms with Crippen molar-refractivity contribution < 1.29 is 14.6 Å². The summed E-state index contributed by atoms with van der Waals surface area (Å²) in [6.07, 6.45) is 4.79. The summed E-state index contributed by atoms with van der Waals surface area (Å²) in [6, 6.07) is 5.23. The van der Waals surface area contributed by atoms with Gasteiger partial charge in [-0.1, -0.05) is 26.8 Å². The number of nitrogens with two attached hydrogens (primary N) is 1. The number of ether oxygens (including phenoxy) is 1. The minimum atomic E-state index is -0.235. The minimum absolute atomic E-state index is 0.0640. The van der Waals surface area contributed by atoms with Gasteiger partial charge in [-0.25, -0.2) is 0 Å². The second-order valence-corrected chi connectivity index (χ2v) is 5.96. The Hall–Kier alpha value is -2.01. The van der Waals surface area contributed by atoms with Crippen LogP contribution in [0.5, 0.6) is 5.75 Å². The Labute approximate surface area is 138 Å². The highest BCUT2D eigenvalue weighted by Gasteiger charge is 2.06. The van der Waals surface area contributed by atoms with Gasteiger partial charge in [0.2, 0.25) is 5.91 Å². The predicted octanol–water partition coefficient (Wildman–Crippen LogP) is 2.59. The number of amides is 1. The molecule has 128 valence electrons. The predicted molar refractivity (Wildman–Crippen MR) is 94.1 cm³/mol. The molecule has 0 radical (unpaired) electrons. The van der Waals surface area contributed by atoms with Crippen molar-refractivity contribution in [3.8, 4) is 5.75 Å². The second-order valence-electron chi connectivity index (χ2n) is 5.96. The number of carbonyl (C=O) groups is 1. The Morgan fingerprint density at radius 2 is 2.17 bits per heavy atom. The Morgan fingerprint density at radius 1 is 1.43 bits per heavy atom. The van der Waals surface area contributed by atoms with Crippen LogP contribution in [0.25, 0.3) is 6.08 Å². The van der Waals surface area contributed by atoms with Gasteiger partial charge in [-0.3, -0.25) is 4.79 Å². The van der Waals surface area contributed by atoms with Gasteiger partial charge in [0.25, 0.3) is 0 Å². The molecule has 0 heterocycles. The second kappa shape index (κ2) is 9.90. The van der Waals surface area contributed by atoms with E-state index < -0.39 is 0 Å². The number of aliphatic hydroxyl groups is 1. The molecule has 0 aliphatic carbocycles. The number of nitrogens with one attached hydrogen (secondary N) is 1.